The van der Waals surface area contributed by atoms with Gasteiger partial charge in [-0.1, -0.05) is 13.8 Å². The van der Waals surface area contributed by atoms with Crippen molar-refractivity contribution in [2.75, 3.05) is 5.32 Å². The molecule has 166 valence electrons. The van der Waals surface area contributed by atoms with Crippen LogP contribution in [0.4, 0.5) is 14.6 Å². The number of carbonyl (C=O) groups is 1. The molecule has 0 aliphatic rings. The molecule has 0 spiro atoms. The molecule has 3 aromatic heterocycles. The van der Waals surface area contributed by atoms with Crippen LogP contribution in [-0.4, -0.2) is 37.1 Å². The summed E-state index contributed by atoms with van der Waals surface area (Å²) >= 11 is 1.40. The largest absolute Gasteiger partial charge is 0.481 e. The van der Waals surface area contributed by atoms with Crippen molar-refractivity contribution in [1.29, 1.82) is 0 Å². The molecular formula is C22H21F2N5O2S. The molecule has 1 unspecified atom stereocenters. The Kier molecular flexibility index (Phi) is 5.64. The molecule has 10 heteroatoms. The van der Waals surface area contributed by atoms with E-state index < -0.39 is 29.1 Å². The van der Waals surface area contributed by atoms with Crippen LogP contribution in [-0.2, 0) is 10.2 Å². The van der Waals surface area contributed by atoms with E-state index in [0.717, 1.165) is 11.8 Å². The van der Waals surface area contributed by atoms with Crippen LogP contribution < -0.4 is 5.32 Å². The number of nitrogens with zero attached hydrogens (tertiary/aromatic N) is 3. The second kappa shape index (κ2) is 8.27. The van der Waals surface area contributed by atoms with Crippen molar-refractivity contribution >= 4 is 34.0 Å². The first-order valence-electron chi connectivity index (χ1n) is 9.85. The van der Waals surface area contributed by atoms with Crippen LogP contribution in [0.25, 0.3) is 22.3 Å². The van der Waals surface area contributed by atoms with Gasteiger partial charge in [0.2, 0.25) is 0 Å². The zero-order valence-corrected chi connectivity index (χ0v) is 18.4. The van der Waals surface area contributed by atoms with Crippen molar-refractivity contribution in [3.63, 3.8) is 0 Å². The predicted octanol–water partition coefficient (Wildman–Crippen LogP) is 4.90. The van der Waals surface area contributed by atoms with Gasteiger partial charge in [-0.3, -0.25) is 4.79 Å². The lowest BCUT2D eigenvalue weighted by Crippen LogP contribution is -2.41. The van der Waals surface area contributed by atoms with Gasteiger partial charge in [-0.25, -0.2) is 23.7 Å². The van der Waals surface area contributed by atoms with Gasteiger partial charge in [0.05, 0.1) is 18.1 Å². The summed E-state index contributed by atoms with van der Waals surface area (Å²) in [5.41, 5.74) is 0.829. The van der Waals surface area contributed by atoms with E-state index in [2.05, 4.69) is 25.3 Å². The quantitative estimate of drug-likeness (QED) is 0.365. The van der Waals surface area contributed by atoms with Gasteiger partial charge in [-0.2, -0.15) is 0 Å². The van der Waals surface area contributed by atoms with E-state index in [1.807, 2.05) is 13.8 Å². The molecule has 32 heavy (non-hydrogen) atoms. The van der Waals surface area contributed by atoms with Gasteiger partial charge in [0.15, 0.2) is 17.5 Å². The maximum atomic E-state index is 14.7. The summed E-state index contributed by atoms with van der Waals surface area (Å²) in [4.78, 5) is 27.1. The molecule has 4 rings (SSSR count). The smallest absolute Gasteiger partial charge is 0.305 e. The topological polar surface area (TPSA) is 104 Å². The van der Waals surface area contributed by atoms with Gasteiger partial charge < -0.3 is 15.4 Å². The first-order valence-corrected chi connectivity index (χ1v) is 10.7. The van der Waals surface area contributed by atoms with E-state index in [9.17, 15) is 18.7 Å². The highest BCUT2D eigenvalue weighted by molar-refractivity contribution is 7.09. The Morgan fingerprint density at radius 1 is 1.28 bits per heavy atom. The maximum Gasteiger partial charge on any atom is 0.305 e. The third kappa shape index (κ3) is 4.05. The standard InChI is InChI=1S/C22H21F2N5O2S/c1-11-6-12-13(9-26-18(12)14(23)7-11)19-27-10-15(24)20(29-19)28-16(8-17(30)31)22(2,3)21-25-4-5-32-21/h4-7,9-10,16,26H,8H2,1-3H3,(H,30,31)(H,27,28,29). The molecule has 4 aromatic rings. The third-order valence-electron chi connectivity index (χ3n) is 5.41. The molecule has 0 aliphatic carbocycles. The number of aromatic nitrogens is 4. The number of rotatable bonds is 7. The van der Waals surface area contributed by atoms with Gasteiger partial charge in [-0.15, -0.1) is 11.3 Å². The summed E-state index contributed by atoms with van der Waals surface area (Å²) in [5, 5.41) is 15.5. The van der Waals surface area contributed by atoms with Crippen molar-refractivity contribution in [3.05, 3.63) is 58.3 Å². The molecule has 7 nitrogen and oxygen atoms in total. The molecule has 0 amide bonds. The molecule has 3 N–H and O–H groups in total. The number of aliphatic carboxylic acids is 1. The minimum absolute atomic E-state index is 0.131. The molecular weight excluding hydrogens is 436 g/mol. The zero-order chi connectivity index (χ0) is 23.0. The van der Waals surface area contributed by atoms with E-state index in [1.165, 1.54) is 17.4 Å². The second-order valence-electron chi connectivity index (χ2n) is 8.12. The number of carboxylic acids is 1. The van der Waals surface area contributed by atoms with Crippen molar-refractivity contribution in [1.82, 2.24) is 19.9 Å². The normalized spacial score (nSPS) is 12.8. The number of H-pyrrole nitrogens is 1. The first-order chi connectivity index (χ1) is 15.2. The van der Waals surface area contributed by atoms with Crippen LogP contribution in [0.1, 0.15) is 30.8 Å². The van der Waals surface area contributed by atoms with Crippen molar-refractivity contribution < 1.29 is 18.7 Å². The Hall–Kier alpha value is -3.40. The average Bonchev–Trinajstić information content (AvgIpc) is 3.39. The van der Waals surface area contributed by atoms with E-state index in [1.54, 1.807) is 30.8 Å². The summed E-state index contributed by atoms with van der Waals surface area (Å²) in [6.07, 6.45) is 3.95. The summed E-state index contributed by atoms with van der Waals surface area (Å²) < 4.78 is 28.9. The zero-order valence-electron chi connectivity index (χ0n) is 17.6. The van der Waals surface area contributed by atoms with Gasteiger partial charge in [-0.05, 0) is 24.6 Å². The lowest BCUT2D eigenvalue weighted by atomic mass is 9.83. The fourth-order valence-corrected chi connectivity index (χ4v) is 4.44. The third-order valence-corrected chi connectivity index (χ3v) is 6.53. The van der Waals surface area contributed by atoms with E-state index in [0.29, 0.717) is 21.5 Å². The Morgan fingerprint density at radius 2 is 2.06 bits per heavy atom. The fraction of sp³-hybridized carbons (Fsp3) is 0.273. The molecule has 0 saturated carbocycles. The summed E-state index contributed by atoms with van der Waals surface area (Å²) in [6.45, 7) is 5.46. The fourth-order valence-electron chi connectivity index (χ4n) is 3.62. The van der Waals surface area contributed by atoms with E-state index in [4.69, 9.17) is 0 Å². The van der Waals surface area contributed by atoms with E-state index in [-0.39, 0.29) is 18.1 Å². The monoisotopic (exact) mass is 457 g/mol. The summed E-state index contributed by atoms with van der Waals surface area (Å²) in [5.74, 6) is -2.11. The Labute approximate surface area is 186 Å². The van der Waals surface area contributed by atoms with Gasteiger partial charge in [0.1, 0.15) is 10.8 Å². The minimum atomic E-state index is -1.04. The van der Waals surface area contributed by atoms with Crippen molar-refractivity contribution in [2.45, 2.75) is 38.6 Å². The SMILES string of the molecule is Cc1cc(F)c2[nH]cc(-c3ncc(F)c(NC(CC(=O)O)C(C)(C)c4nccs4)n3)c2c1. The maximum absolute atomic E-state index is 14.7. The minimum Gasteiger partial charge on any atom is -0.481 e. The van der Waals surface area contributed by atoms with Crippen LogP contribution in [0.5, 0.6) is 0 Å². The molecule has 1 atom stereocenters. The van der Waals surface area contributed by atoms with Crippen LogP contribution in [0.15, 0.2) is 36.1 Å². The number of thiazole rings is 1. The Balaban J connectivity index is 1.75. The molecule has 1 aromatic carbocycles. The Morgan fingerprint density at radius 3 is 2.75 bits per heavy atom. The number of fused-ring (bicyclic) bond motifs is 1. The van der Waals surface area contributed by atoms with Crippen molar-refractivity contribution in [3.8, 4) is 11.4 Å². The number of carboxylic acid groups (broad SMARTS) is 1. The Bertz CT molecular complexity index is 1290. The highest BCUT2D eigenvalue weighted by Crippen LogP contribution is 2.34. The van der Waals surface area contributed by atoms with Crippen LogP contribution in [0.2, 0.25) is 0 Å². The number of benzene rings is 1. The summed E-state index contributed by atoms with van der Waals surface area (Å²) in [6, 6.07) is 2.51. The van der Waals surface area contributed by atoms with Crippen LogP contribution in [0.3, 0.4) is 0 Å². The lowest BCUT2D eigenvalue weighted by Gasteiger charge is -2.32. The highest BCUT2D eigenvalue weighted by atomic mass is 32.1. The van der Waals surface area contributed by atoms with Gasteiger partial charge in [0.25, 0.3) is 0 Å². The molecule has 0 saturated heterocycles. The molecule has 0 radical (unpaired) electrons. The summed E-state index contributed by atoms with van der Waals surface area (Å²) in [7, 11) is 0. The molecule has 0 aliphatic heterocycles. The lowest BCUT2D eigenvalue weighted by molar-refractivity contribution is -0.137. The number of aryl methyl sites for hydroxylation is 1. The molecule has 0 bridgehead atoms. The molecule has 0 fully saturated rings. The number of anilines is 1. The first kappa shape index (κ1) is 21.8. The number of hydrogen-bond donors (Lipinski definition) is 3. The number of halogens is 2. The van der Waals surface area contributed by atoms with Gasteiger partial charge >= 0.3 is 5.97 Å². The number of aromatic amines is 1. The number of hydrogen-bond acceptors (Lipinski definition) is 6. The predicted molar refractivity (Wildman–Crippen MR) is 119 cm³/mol. The molecule has 3 heterocycles. The average molecular weight is 458 g/mol. The van der Waals surface area contributed by atoms with E-state index >= 15 is 0 Å². The number of nitrogens with one attached hydrogen (secondary N) is 2. The highest BCUT2D eigenvalue weighted by Gasteiger charge is 2.36. The second-order valence-corrected chi connectivity index (χ2v) is 9.01. The van der Waals surface area contributed by atoms with Crippen LogP contribution in [0, 0.1) is 18.6 Å². The van der Waals surface area contributed by atoms with Gasteiger partial charge in [0, 0.05) is 40.2 Å². The van der Waals surface area contributed by atoms with Crippen LogP contribution >= 0.6 is 11.3 Å². The van der Waals surface area contributed by atoms with Crippen molar-refractivity contribution in [2.24, 2.45) is 0 Å².